The average Bonchev–Trinajstić information content (AvgIpc) is 3.24. The van der Waals surface area contributed by atoms with Gasteiger partial charge in [0.15, 0.2) is 5.78 Å². The molecule has 9 heteroatoms. The van der Waals surface area contributed by atoms with E-state index in [4.69, 9.17) is 10.1 Å². The molecule has 0 bridgehead atoms. The fourth-order valence-electron chi connectivity index (χ4n) is 4.09. The molecule has 8 nitrogen and oxygen atoms in total. The molecular formula is C25H34N4O4S. The lowest BCUT2D eigenvalue weighted by Crippen LogP contribution is -2.54. The number of hydrogen-bond donors (Lipinski definition) is 4. The zero-order valence-corrected chi connectivity index (χ0v) is 20.6. The van der Waals surface area contributed by atoms with Crippen LogP contribution in [-0.4, -0.2) is 64.6 Å². The van der Waals surface area contributed by atoms with E-state index in [2.05, 4.69) is 15.6 Å². The van der Waals surface area contributed by atoms with E-state index in [1.165, 1.54) is 0 Å². The largest absolute Gasteiger partial charge is 0.381 e. The quantitative estimate of drug-likeness (QED) is 0.342. The van der Waals surface area contributed by atoms with Gasteiger partial charge >= 0.3 is 0 Å². The number of ketones is 1. The topological polar surface area (TPSA) is 124 Å². The highest BCUT2D eigenvalue weighted by molar-refractivity contribution is 8.14. The summed E-state index contributed by atoms with van der Waals surface area (Å²) < 4.78 is 5.46. The highest BCUT2D eigenvalue weighted by Gasteiger charge is 2.29. The molecule has 1 fully saturated rings. The van der Waals surface area contributed by atoms with Crippen LogP contribution in [0.15, 0.2) is 30.5 Å². The lowest BCUT2D eigenvalue weighted by atomic mass is 10.0. The Hall–Kier alpha value is -2.49. The maximum atomic E-state index is 13.5. The zero-order valence-electron chi connectivity index (χ0n) is 19.8. The molecule has 2 atom stereocenters. The van der Waals surface area contributed by atoms with Crippen LogP contribution < -0.4 is 10.6 Å². The molecule has 2 heterocycles. The predicted molar refractivity (Wildman–Crippen MR) is 135 cm³/mol. The highest BCUT2D eigenvalue weighted by Crippen LogP contribution is 2.21. The summed E-state index contributed by atoms with van der Waals surface area (Å²) in [6.45, 7) is 5.13. The van der Waals surface area contributed by atoms with Gasteiger partial charge in [0.05, 0.1) is 18.3 Å². The molecule has 0 saturated carbocycles. The van der Waals surface area contributed by atoms with Crippen molar-refractivity contribution in [2.45, 2.75) is 69.3 Å². The van der Waals surface area contributed by atoms with Crippen molar-refractivity contribution in [3.05, 3.63) is 36.0 Å². The van der Waals surface area contributed by atoms with Gasteiger partial charge in [-0.05, 0) is 37.3 Å². The summed E-state index contributed by atoms with van der Waals surface area (Å²) >= 11 is 1.15. The first-order valence-corrected chi connectivity index (χ1v) is 12.7. The standard InChI is InChI=1S/C25H34N4O4S/c1-16(2)34-25(32)22(8-7-19(30)14-26)29-24(31)23(28-18-9-11-33-12-10-18)13-17-15-27-21-6-4-3-5-20(17)21/h3-6,14-16,18,22-23,26-28H,7-13H2,1-2H3,(H,29,31)/t22-,23-/m0/s1. The molecule has 1 aromatic heterocycles. The van der Waals surface area contributed by atoms with Crippen molar-refractivity contribution in [2.75, 3.05) is 13.2 Å². The van der Waals surface area contributed by atoms with Crippen LogP contribution in [0.4, 0.5) is 0 Å². The molecule has 0 spiro atoms. The third kappa shape index (κ3) is 7.51. The Morgan fingerprint density at radius 3 is 2.65 bits per heavy atom. The summed E-state index contributed by atoms with van der Waals surface area (Å²) in [5, 5.41) is 14.5. The van der Waals surface area contributed by atoms with E-state index in [1.54, 1.807) is 0 Å². The number of para-hydroxylation sites is 1. The third-order valence-corrected chi connectivity index (χ3v) is 6.86. The van der Waals surface area contributed by atoms with Crippen molar-refractivity contribution in [3.8, 4) is 0 Å². The Balaban J connectivity index is 1.78. The number of fused-ring (bicyclic) bond motifs is 1. The van der Waals surface area contributed by atoms with Gasteiger partial charge in [-0.1, -0.05) is 43.8 Å². The fourth-order valence-corrected chi connectivity index (χ4v) is 4.90. The first kappa shape index (κ1) is 26.1. The van der Waals surface area contributed by atoms with Gasteiger partial charge in [0.1, 0.15) is 0 Å². The second-order valence-electron chi connectivity index (χ2n) is 8.87. The van der Waals surface area contributed by atoms with E-state index in [9.17, 15) is 14.4 Å². The minimum atomic E-state index is -0.786. The Morgan fingerprint density at radius 1 is 1.21 bits per heavy atom. The van der Waals surface area contributed by atoms with Crippen LogP contribution in [-0.2, 0) is 25.5 Å². The SMILES string of the molecule is CC(C)SC(=O)[C@H](CCC(=O)C=N)NC(=O)[C@H](Cc1c[nH]c2ccccc12)NC1CCOCC1. The third-order valence-electron chi connectivity index (χ3n) is 5.87. The number of carbonyl (C=O) groups excluding carboxylic acids is 3. The first-order chi connectivity index (χ1) is 16.4. The molecule has 2 aromatic rings. The summed E-state index contributed by atoms with van der Waals surface area (Å²) in [5.41, 5.74) is 2.03. The lowest BCUT2D eigenvalue weighted by molar-refractivity contribution is -0.127. The van der Waals surface area contributed by atoms with Crippen molar-refractivity contribution < 1.29 is 19.1 Å². The van der Waals surface area contributed by atoms with Gasteiger partial charge in [0.2, 0.25) is 11.0 Å². The molecule has 3 rings (SSSR count). The number of ether oxygens (including phenoxy) is 1. The second kappa shape index (κ2) is 12.8. The lowest BCUT2D eigenvalue weighted by Gasteiger charge is -2.29. The fraction of sp³-hybridized carbons (Fsp3) is 0.520. The van der Waals surface area contributed by atoms with Gasteiger partial charge in [0, 0.05) is 48.0 Å². The summed E-state index contributed by atoms with van der Waals surface area (Å²) in [6.07, 6.45) is 5.00. The van der Waals surface area contributed by atoms with Gasteiger partial charge in [-0.15, -0.1) is 0 Å². The van der Waals surface area contributed by atoms with Gasteiger partial charge in [-0.3, -0.25) is 14.4 Å². The van der Waals surface area contributed by atoms with Crippen molar-refractivity contribution in [1.82, 2.24) is 15.6 Å². The summed E-state index contributed by atoms with van der Waals surface area (Å²) in [4.78, 5) is 41.3. The number of Topliss-reactive ketones (excluding diaryl/α,β-unsaturated/α-hetero) is 1. The number of nitrogens with one attached hydrogen (secondary N) is 4. The van der Waals surface area contributed by atoms with Gasteiger partial charge in [0.25, 0.3) is 0 Å². The molecule has 0 unspecified atom stereocenters. The Labute approximate surface area is 204 Å². The second-order valence-corrected chi connectivity index (χ2v) is 10.4. The molecule has 4 N–H and O–H groups in total. The Bertz CT molecular complexity index is 1000. The molecule has 1 aliphatic rings. The van der Waals surface area contributed by atoms with E-state index in [-0.39, 0.29) is 40.9 Å². The van der Waals surface area contributed by atoms with Gasteiger partial charge in [-0.2, -0.15) is 0 Å². The van der Waals surface area contributed by atoms with Crippen LogP contribution >= 0.6 is 11.8 Å². The number of amides is 1. The van der Waals surface area contributed by atoms with Gasteiger partial charge < -0.3 is 25.8 Å². The molecule has 1 amide bonds. The number of hydrogen-bond acceptors (Lipinski definition) is 7. The van der Waals surface area contributed by atoms with Crippen LogP contribution in [0.2, 0.25) is 0 Å². The normalized spacial score (nSPS) is 16.3. The van der Waals surface area contributed by atoms with E-state index < -0.39 is 12.1 Å². The average molecular weight is 487 g/mol. The van der Waals surface area contributed by atoms with E-state index in [1.807, 2.05) is 44.3 Å². The van der Waals surface area contributed by atoms with Crippen LogP contribution in [0.3, 0.4) is 0 Å². The van der Waals surface area contributed by atoms with Crippen LogP contribution in [0.25, 0.3) is 10.9 Å². The monoisotopic (exact) mass is 486 g/mol. The number of rotatable bonds is 12. The molecule has 1 aromatic carbocycles. The number of benzene rings is 1. The smallest absolute Gasteiger partial charge is 0.238 e. The van der Waals surface area contributed by atoms with E-state index >= 15 is 0 Å². The highest BCUT2D eigenvalue weighted by atomic mass is 32.2. The minimum absolute atomic E-state index is 0.0410. The number of aromatic nitrogens is 1. The van der Waals surface area contributed by atoms with Crippen molar-refractivity contribution in [1.29, 1.82) is 5.41 Å². The van der Waals surface area contributed by atoms with Crippen molar-refractivity contribution in [3.63, 3.8) is 0 Å². The maximum Gasteiger partial charge on any atom is 0.238 e. The Kier molecular flexibility index (Phi) is 9.86. The maximum absolute atomic E-state index is 13.5. The molecule has 1 saturated heterocycles. The molecule has 34 heavy (non-hydrogen) atoms. The molecule has 0 radical (unpaired) electrons. The molecular weight excluding hydrogens is 452 g/mol. The number of carbonyl (C=O) groups is 3. The van der Waals surface area contributed by atoms with Crippen molar-refractivity contribution >= 4 is 45.7 Å². The summed E-state index contributed by atoms with van der Waals surface area (Å²) in [5.74, 6) is -0.626. The van der Waals surface area contributed by atoms with Gasteiger partial charge in [-0.25, -0.2) is 0 Å². The van der Waals surface area contributed by atoms with Crippen LogP contribution in [0, 0.1) is 5.41 Å². The molecule has 1 aliphatic heterocycles. The molecule has 0 aliphatic carbocycles. The molecule has 184 valence electrons. The number of aromatic amines is 1. The number of thioether (sulfide) groups is 1. The number of H-pyrrole nitrogens is 1. The van der Waals surface area contributed by atoms with E-state index in [0.717, 1.165) is 47.3 Å². The zero-order chi connectivity index (χ0) is 24.5. The van der Waals surface area contributed by atoms with E-state index in [0.29, 0.717) is 19.6 Å². The van der Waals surface area contributed by atoms with Crippen LogP contribution in [0.1, 0.15) is 45.1 Å². The van der Waals surface area contributed by atoms with Crippen molar-refractivity contribution in [2.24, 2.45) is 0 Å². The predicted octanol–water partition coefficient (Wildman–Crippen LogP) is 3.00. The Morgan fingerprint density at radius 2 is 1.94 bits per heavy atom. The first-order valence-electron chi connectivity index (χ1n) is 11.8. The minimum Gasteiger partial charge on any atom is -0.381 e. The summed E-state index contributed by atoms with van der Waals surface area (Å²) in [7, 11) is 0. The van der Waals surface area contributed by atoms with Crippen LogP contribution in [0.5, 0.6) is 0 Å². The summed E-state index contributed by atoms with van der Waals surface area (Å²) in [6, 6.07) is 6.78.